The molecule has 1 aliphatic heterocycles. The fourth-order valence-electron chi connectivity index (χ4n) is 2.82. The van der Waals surface area contributed by atoms with Crippen molar-refractivity contribution in [2.24, 2.45) is 0 Å². The van der Waals surface area contributed by atoms with E-state index in [1.165, 1.54) is 0 Å². The number of hydrogen-bond acceptors (Lipinski definition) is 3. The number of imidazole rings is 1. The summed E-state index contributed by atoms with van der Waals surface area (Å²) >= 11 is 0. The Bertz CT molecular complexity index is 719. The quantitative estimate of drug-likeness (QED) is 0.855. The Morgan fingerprint density at radius 1 is 1.30 bits per heavy atom. The minimum atomic E-state index is -0.442. The van der Waals surface area contributed by atoms with Crippen LogP contribution in [0.5, 0.6) is 5.75 Å². The molecule has 3 rings (SSSR count). The highest BCUT2D eigenvalue weighted by Crippen LogP contribution is 2.29. The van der Waals surface area contributed by atoms with Gasteiger partial charge in [-0.3, -0.25) is 4.79 Å². The van der Waals surface area contributed by atoms with Gasteiger partial charge in [0.1, 0.15) is 17.0 Å². The van der Waals surface area contributed by atoms with E-state index in [9.17, 15) is 4.79 Å². The van der Waals surface area contributed by atoms with Crippen molar-refractivity contribution in [2.45, 2.75) is 45.9 Å². The zero-order valence-corrected chi connectivity index (χ0v) is 14.1. The highest BCUT2D eigenvalue weighted by molar-refractivity contribution is 5.92. The third-order valence-corrected chi connectivity index (χ3v) is 4.00. The molecule has 0 radical (unpaired) electrons. The summed E-state index contributed by atoms with van der Waals surface area (Å²) in [5.74, 6) is 0.790. The molecule has 0 bridgehead atoms. The molecule has 0 atom stereocenters. The Labute approximate surface area is 136 Å². The van der Waals surface area contributed by atoms with E-state index in [0.29, 0.717) is 18.8 Å². The van der Waals surface area contributed by atoms with Crippen LogP contribution < -0.4 is 4.74 Å². The van der Waals surface area contributed by atoms with Crippen LogP contribution in [0.1, 0.15) is 49.8 Å². The van der Waals surface area contributed by atoms with Gasteiger partial charge < -0.3 is 14.2 Å². The summed E-state index contributed by atoms with van der Waals surface area (Å²) in [7, 11) is 0. The van der Waals surface area contributed by atoms with Crippen molar-refractivity contribution in [2.75, 3.05) is 6.54 Å². The van der Waals surface area contributed by atoms with E-state index < -0.39 is 5.60 Å². The van der Waals surface area contributed by atoms with Gasteiger partial charge in [0.25, 0.3) is 5.91 Å². The summed E-state index contributed by atoms with van der Waals surface area (Å²) in [5, 5.41) is 0. The predicted molar refractivity (Wildman–Crippen MR) is 88.5 cm³/mol. The zero-order valence-electron chi connectivity index (χ0n) is 14.1. The van der Waals surface area contributed by atoms with Crippen molar-refractivity contribution in [3.63, 3.8) is 0 Å². The number of carbonyl (C=O) groups is 1. The first-order valence-electron chi connectivity index (χ1n) is 7.95. The molecule has 1 amide bonds. The molecule has 122 valence electrons. The Morgan fingerprint density at radius 2 is 2.04 bits per heavy atom. The molecule has 2 heterocycles. The van der Waals surface area contributed by atoms with Gasteiger partial charge in [-0.2, -0.15) is 0 Å². The van der Waals surface area contributed by atoms with Gasteiger partial charge in [-0.1, -0.05) is 18.2 Å². The lowest BCUT2D eigenvalue weighted by Gasteiger charge is -2.29. The Kier molecular flexibility index (Phi) is 3.88. The second-order valence-corrected chi connectivity index (χ2v) is 6.93. The van der Waals surface area contributed by atoms with E-state index in [-0.39, 0.29) is 11.9 Å². The van der Waals surface area contributed by atoms with Crippen LogP contribution >= 0.6 is 0 Å². The van der Waals surface area contributed by atoms with Crippen LogP contribution in [0.25, 0.3) is 0 Å². The number of hydrogen-bond donors (Lipinski definition) is 0. The molecule has 5 heteroatoms. The smallest absolute Gasteiger partial charge is 0.274 e. The molecule has 0 aliphatic carbocycles. The molecule has 0 saturated carbocycles. The van der Waals surface area contributed by atoms with Crippen molar-refractivity contribution < 1.29 is 9.53 Å². The molecule has 0 fully saturated rings. The molecule has 0 unspecified atom stereocenters. The Balaban J connectivity index is 1.90. The van der Waals surface area contributed by atoms with Gasteiger partial charge >= 0.3 is 0 Å². The van der Waals surface area contributed by atoms with Crippen LogP contribution in [0, 0.1) is 0 Å². The fourth-order valence-corrected chi connectivity index (χ4v) is 2.82. The van der Waals surface area contributed by atoms with Gasteiger partial charge in [-0.25, -0.2) is 4.98 Å². The summed E-state index contributed by atoms with van der Waals surface area (Å²) in [6.07, 6.45) is 3.53. The van der Waals surface area contributed by atoms with Crippen LogP contribution in [-0.2, 0) is 6.54 Å². The molecule has 0 spiro atoms. The average Bonchev–Trinajstić information content (AvgIpc) is 2.92. The molecule has 0 N–H and O–H groups in total. The minimum absolute atomic E-state index is 0.0576. The summed E-state index contributed by atoms with van der Waals surface area (Å²) < 4.78 is 8.03. The third-order valence-electron chi connectivity index (χ3n) is 4.00. The first kappa shape index (κ1) is 15.6. The van der Waals surface area contributed by atoms with E-state index in [2.05, 4.69) is 18.8 Å². The maximum Gasteiger partial charge on any atom is 0.274 e. The first-order valence-corrected chi connectivity index (χ1v) is 7.95. The molecule has 1 aromatic carbocycles. The minimum Gasteiger partial charge on any atom is -0.486 e. The van der Waals surface area contributed by atoms with E-state index in [1.54, 1.807) is 6.33 Å². The van der Waals surface area contributed by atoms with Crippen molar-refractivity contribution in [1.29, 1.82) is 0 Å². The molecule has 23 heavy (non-hydrogen) atoms. The Hall–Kier alpha value is -2.30. The van der Waals surface area contributed by atoms with Crippen molar-refractivity contribution in [3.8, 4) is 5.75 Å². The lowest BCUT2D eigenvalue weighted by Crippen LogP contribution is -2.43. The number of nitrogens with zero attached hydrogens (tertiary/aromatic N) is 3. The number of benzene rings is 1. The summed E-state index contributed by atoms with van der Waals surface area (Å²) in [4.78, 5) is 19.0. The van der Waals surface area contributed by atoms with Crippen LogP contribution in [-0.4, -0.2) is 32.5 Å². The summed E-state index contributed by atoms with van der Waals surface area (Å²) in [5.41, 5.74) is 1.06. The number of fused-ring (bicyclic) bond motifs is 1. The lowest BCUT2D eigenvalue weighted by atomic mass is 10.1. The monoisotopic (exact) mass is 313 g/mol. The Morgan fingerprint density at radius 3 is 2.74 bits per heavy atom. The SMILES string of the molecule is CC(C)n1cnc(C(=O)N2Cc3ccccc3OC(C)(C)C2)c1. The van der Waals surface area contributed by atoms with Crippen molar-refractivity contribution in [3.05, 3.63) is 48.0 Å². The number of carbonyl (C=O) groups excluding carboxylic acids is 1. The second kappa shape index (κ2) is 5.72. The normalized spacial score (nSPS) is 16.7. The molecule has 1 aliphatic rings. The van der Waals surface area contributed by atoms with Gasteiger partial charge in [-0.15, -0.1) is 0 Å². The van der Waals surface area contributed by atoms with E-state index >= 15 is 0 Å². The van der Waals surface area contributed by atoms with E-state index in [1.807, 2.05) is 53.8 Å². The standard InChI is InChI=1S/C18H23N3O2/c1-13(2)21-10-15(19-12-21)17(22)20-9-14-7-5-6-8-16(14)23-18(3,4)11-20/h5-8,10,12-13H,9,11H2,1-4H3. The summed E-state index contributed by atoms with van der Waals surface area (Å²) in [6.45, 7) is 9.19. The average molecular weight is 313 g/mol. The van der Waals surface area contributed by atoms with Gasteiger partial charge in [0.15, 0.2) is 0 Å². The number of aromatic nitrogens is 2. The van der Waals surface area contributed by atoms with Gasteiger partial charge in [0.05, 0.1) is 12.9 Å². The first-order chi connectivity index (χ1) is 10.9. The maximum atomic E-state index is 12.9. The zero-order chi connectivity index (χ0) is 16.6. The molecular formula is C18H23N3O2. The molecule has 1 aromatic heterocycles. The largest absolute Gasteiger partial charge is 0.486 e. The third kappa shape index (κ3) is 3.23. The number of amides is 1. The van der Waals surface area contributed by atoms with Crippen LogP contribution in [0.2, 0.25) is 0 Å². The second-order valence-electron chi connectivity index (χ2n) is 6.93. The predicted octanol–water partition coefficient (Wildman–Crippen LogP) is 3.28. The van der Waals surface area contributed by atoms with Crippen molar-refractivity contribution in [1.82, 2.24) is 14.5 Å². The van der Waals surface area contributed by atoms with Gasteiger partial charge in [0, 0.05) is 24.3 Å². The highest BCUT2D eigenvalue weighted by Gasteiger charge is 2.32. The molecule has 5 nitrogen and oxygen atoms in total. The number of rotatable bonds is 2. The van der Waals surface area contributed by atoms with Crippen LogP contribution in [0.15, 0.2) is 36.8 Å². The highest BCUT2D eigenvalue weighted by atomic mass is 16.5. The fraction of sp³-hybridized carbons (Fsp3) is 0.444. The van der Waals surface area contributed by atoms with Crippen molar-refractivity contribution >= 4 is 5.91 Å². The summed E-state index contributed by atoms with van der Waals surface area (Å²) in [6, 6.07) is 8.17. The van der Waals surface area contributed by atoms with Gasteiger partial charge in [0.2, 0.25) is 0 Å². The molecular weight excluding hydrogens is 290 g/mol. The number of para-hydroxylation sites is 1. The van der Waals surface area contributed by atoms with Crippen LogP contribution in [0.3, 0.4) is 0 Å². The maximum absolute atomic E-state index is 12.9. The van der Waals surface area contributed by atoms with Gasteiger partial charge in [-0.05, 0) is 33.8 Å². The van der Waals surface area contributed by atoms with E-state index in [4.69, 9.17) is 4.74 Å². The van der Waals surface area contributed by atoms with Crippen LogP contribution in [0.4, 0.5) is 0 Å². The van der Waals surface area contributed by atoms with E-state index in [0.717, 1.165) is 11.3 Å². The number of ether oxygens (including phenoxy) is 1. The molecule has 0 saturated heterocycles. The lowest BCUT2D eigenvalue weighted by molar-refractivity contribution is 0.0496. The molecule has 2 aromatic rings. The topological polar surface area (TPSA) is 47.4 Å².